The number of amides is 1. The van der Waals surface area contributed by atoms with E-state index in [2.05, 4.69) is 60.5 Å². The Labute approximate surface area is 144 Å². The van der Waals surface area contributed by atoms with Crippen molar-refractivity contribution in [1.82, 2.24) is 4.90 Å². The first kappa shape index (κ1) is 16.7. The Morgan fingerprint density at radius 2 is 1.54 bits per heavy atom. The van der Waals surface area contributed by atoms with Gasteiger partial charge in [-0.15, -0.1) is 0 Å². The lowest BCUT2D eigenvalue weighted by Crippen LogP contribution is -3.09. The maximum absolute atomic E-state index is 12.9. The molecule has 0 radical (unpaired) electrons. The standard InChI is InChI=1S/C21H26N2O/c1-22-13-8-14-23(16-15-22)21(24)17-20(18-9-4-2-5-10-18)19-11-6-3-7-12-19/h2-7,9-12,20H,8,13-17H2,1H3/p+1. The smallest absolute Gasteiger partial charge is 0.223 e. The first-order valence-corrected chi connectivity index (χ1v) is 8.93. The second-order valence-electron chi connectivity index (χ2n) is 6.77. The van der Waals surface area contributed by atoms with Crippen molar-refractivity contribution in [3.05, 3.63) is 71.8 Å². The highest BCUT2D eigenvalue weighted by Crippen LogP contribution is 2.28. The third-order valence-corrected chi connectivity index (χ3v) is 4.98. The van der Waals surface area contributed by atoms with Gasteiger partial charge in [-0.25, -0.2) is 0 Å². The monoisotopic (exact) mass is 323 g/mol. The summed E-state index contributed by atoms with van der Waals surface area (Å²) in [5.41, 5.74) is 2.43. The van der Waals surface area contributed by atoms with Crippen LogP contribution in [0.25, 0.3) is 0 Å². The highest BCUT2D eigenvalue weighted by Gasteiger charge is 2.24. The van der Waals surface area contributed by atoms with Gasteiger partial charge in [0.1, 0.15) is 0 Å². The van der Waals surface area contributed by atoms with E-state index in [0.29, 0.717) is 6.42 Å². The molecule has 24 heavy (non-hydrogen) atoms. The van der Waals surface area contributed by atoms with E-state index in [-0.39, 0.29) is 11.8 Å². The third kappa shape index (κ3) is 4.24. The van der Waals surface area contributed by atoms with Crippen LogP contribution < -0.4 is 4.90 Å². The summed E-state index contributed by atoms with van der Waals surface area (Å²) in [6.07, 6.45) is 1.64. The number of likely N-dealkylation sites (N-methyl/N-ethyl adjacent to an activating group) is 1. The fourth-order valence-corrected chi connectivity index (χ4v) is 3.49. The minimum atomic E-state index is 0.133. The normalized spacial score (nSPS) is 18.4. The van der Waals surface area contributed by atoms with Crippen LogP contribution in [0.2, 0.25) is 0 Å². The molecule has 2 aromatic rings. The molecule has 1 aliphatic rings. The van der Waals surface area contributed by atoms with E-state index in [4.69, 9.17) is 0 Å². The van der Waals surface area contributed by atoms with Crippen molar-refractivity contribution in [3.8, 4) is 0 Å². The third-order valence-electron chi connectivity index (χ3n) is 4.98. The Balaban J connectivity index is 1.78. The Bertz CT molecular complexity index is 602. The lowest BCUT2D eigenvalue weighted by atomic mass is 9.88. The lowest BCUT2D eigenvalue weighted by molar-refractivity contribution is -0.877. The molecule has 1 N–H and O–H groups in total. The summed E-state index contributed by atoms with van der Waals surface area (Å²) in [5.74, 6) is 0.413. The van der Waals surface area contributed by atoms with Crippen molar-refractivity contribution in [2.24, 2.45) is 0 Å². The molecule has 1 aliphatic heterocycles. The fourth-order valence-electron chi connectivity index (χ4n) is 3.49. The second kappa shape index (κ2) is 8.11. The SMILES string of the molecule is C[NH+]1CCCN(C(=O)CC(c2ccccc2)c2ccccc2)CC1. The van der Waals surface area contributed by atoms with Gasteiger partial charge in [0, 0.05) is 25.3 Å². The van der Waals surface area contributed by atoms with Gasteiger partial charge in [0.15, 0.2) is 0 Å². The number of carbonyl (C=O) groups is 1. The van der Waals surface area contributed by atoms with Crippen molar-refractivity contribution in [2.75, 3.05) is 33.2 Å². The van der Waals surface area contributed by atoms with Crippen LogP contribution in [0.15, 0.2) is 60.7 Å². The number of nitrogens with zero attached hydrogens (tertiary/aromatic N) is 1. The maximum atomic E-state index is 12.9. The van der Waals surface area contributed by atoms with Crippen LogP contribution in [0.5, 0.6) is 0 Å². The molecular weight excluding hydrogens is 296 g/mol. The van der Waals surface area contributed by atoms with Crippen LogP contribution in [0.4, 0.5) is 0 Å². The van der Waals surface area contributed by atoms with E-state index in [9.17, 15) is 4.79 Å². The minimum absolute atomic E-state index is 0.133. The molecule has 0 saturated carbocycles. The molecule has 0 aliphatic carbocycles. The molecule has 0 spiro atoms. The zero-order chi connectivity index (χ0) is 16.8. The van der Waals surface area contributed by atoms with Crippen LogP contribution in [-0.4, -0.2) is 44.0 Å². The molecule has 1 unspecified atom stereocenters. The Morgan fingerprint density at radius 1 is 0.958 bits per heavy atom. The quantitative estimate of drug-likeness (QED) is 0.914. The molecule has 1 heterocycles. The predicted molar refractivity (Wildman–Crippen MR) is 97.2 cm³/mol. The average Bonchev–Trinajstić information content (AvgIpc) is 2.85. The van der Waals surface area contributed by atoms with Crippen molar-refractivity contribution < 1.29 is 9.69 Å². The molecule has 3 heteroatoms. The molecule has 1 atom stereocenters. The molecular formula is C21H27N2O+. The summed E-state index contributed by atoms with van der Waals surface area (Å²) >= 11 is 0. The second-order valence-corrected chi connectivity index (χ2v) is 6.77. The van der Waals surface area contributed by atoms with Gasteiger partial charge in [0.25, 0.3) is 0 Å². The van der Waals surface area contributed by atoms with Gasteiger partial charge in [-0.2, -0.15) is 0 Å². The number of rotatable bonds is 4. The van der Waals surface area contributed by atoms with E-state index < -0.39 is 0 Å². The number of hydrogen-bond acceptors (Lipinski definition) is 1. The van der Waals surface area contributed by atoms with E-state index in [1.807, 2.05) is 12.1 Å². The van der Waals surface area contributed by atoms with Gasteiger partial charge >= 0.3 is 0 Å². The van der Waals surface area contributed by atoms with E-state index in [0.717, 1.165) is 32.6 Å². The van der Waals surface area contributed by atoms with Gasteiger partial charge in [-0.05, 0) is 11.1 Å². The zero-order valence-corrected chi connectivity index (χ0v) is 14.4. The largest absolute Gasteiger partial charge is 0.337 e. The molecule has 3 nitrogen and oxygen atoms in total. The van der Waals surface area contributed by atoms with Crippen LogP contribution >= 0.6 is 0 Å². The number of benzene rings is 2. The molecule has 0 bridgehead atoms. The highest BCUT2D eigenvalue weighted by atomic mass is 16.2. The van der Waals surface area contributed by atoms with Crippen molar-refractivity contribution in [3.63, 3.8) is 0 Å². The van der Waals surface area contributed by atoms with Crippen LogP contribution in [0.3, 0.4) is 0 Å². The number of carbonyl (C=O) groups excluding carboxylic acids is 1. The lowest BCUT2D eigenvalue weighted by Gasteiger charge is -2.24. The van der Waals surface area contributed by atoms with E-state index in [1.54, 1.807) is 0 Å². The summed E-state index contributed by atoms with van der Waals surface area (Å²) in [6, 6.07) is 20.8. The van der Waals surface area contributed by atoms with Gasteiger partial charge in [0.2, 0.25) is 5.91 Å². The van der Waals surface area contributed by atoms with Crippen LogP contribution in [0, 0.1) is 0 Å². The Hall–Kier alpha value is -2.13. The Kier molecular flexibility index (Phi) is 5.65. The topological polar surface area (TPSA) is 24.8 Å². The van der Waals surface area contributed by atoms with Crippen molar-refractivity contribution in [2.45, 2.75) is 18.8 Å². The van der Waals surface area contributed by atoms with Gasteiger partial charge in [-0.3, -0.25) is 4.79 Å². The number of hydrogen-bond donors (Lipinski definition) is 1. The van der Waals surface area contributed by atoms with Gasteiger partial charge < -0.3 is 9.80 Å². The first-order valence-electron chi connectivity index (χ1n) is 8.93. The molecule has 2 aromatic carbocycles. The highest BCUT2D eigenvalue weighted by molar-refractivity contribution is 5.77. The first-order chi connectivity index (χ1) is 11.7. The molecule has 1 saturated heterocycles. The van der Waals surface area contributed by atoms with E-state index >= 15 is 0 Å². The van der Waals surface area contributed by atoms with E-state index in [1.165, 1.54) is 16.0 Å². The molecule has 0 aromatic heterocycles. The molecule has 1 fully saturated rings. The molecule has 126 valence electrons. The minimum Gasteiger partial charge on any atom is -0.337 e. The maximum Gasteiger partial charge on any atom is 0.223 e. The average molecular weight is 323 g/mol. The molecule has 1 amide bonds. The number of quaternary nitrogens is 1. The zero-order valence-electron chi connectivity index (χ0n) is 14.4. The summed E-state index contributed by atoms with van der Waals surface area (Å²) in [7, 11) is 2.21. The predicted octanol–water partition coefficient (Wildman–Crippen LogP) is 1.96. The van der Waals surface area contributed by atoms with Crippen LogP contribution in [-0.2, 0) is 4.79 Å². The Morgan fingerprint density at radius 3 is 2.12 bits per heavy atom. The van der Waals surface area contributed by atoms with Gasteiger partial charge in [0.05, 0.1) is 26.7 Å². The summed E-state index contributed by atoms with van der Waals surface area (Å²) in [5, 5.41) is 0. The summed E-state index contributed by atoms with van der Waals surface area (Å²) in [6.45, 7) is 3.98. The summed E-state index contributed by atoms with van der Waals surface area (Å²) in [4.78, 5) is 16.5. The van der Waals surface area contributed by atoms with Crippen molar-refractivity contribution in [1.29, 1.82) is 0 Å². The summed E-state index contributed by atoms with van der Waals surface area (Å²) < 4.78 is 0. The fraction of sp³-hybridized carbons (Fsp3) is 0.381. The molecule has 3 rings (SSSR count). The van der Waals surface area contributed by atoms with Crippen LogP contribution in [0.1, 0.15) is 29.9 Å². The van der Waals surface area contributed by atoms with Crippen molar-refractivity contribution >= 4 is 5.91 Å². The number of nitrogens with one attached hydrogen (secondary N) is 1. The van der Waals surface area contributed by atoms with Gasteiger partial charge in [-0.1, -0.05) is 60.7 Å².